The SMILES string of the molecule is CCCC1COC(=O)C1Sc1ccc(C(F)(F)F)cc1. The summed E-state index contributed by atoms with van der Waals surface area (Å²) >= 11 is 1.28. The van der Waals surface area contributed by atoms with Crippen LogP contribution in [0.25, 0.3) is 0 Å². The third-order valence-corrected chi connectivity index (χ3v) is 4.58. The van der Waals surface area contributed by atoms with E-state index in [2.05, 4.69) is 0 Å². The summed E-state index contributed by atoms with van der Waals surface area (Å²) in [6.07, 6.45) is -2.50. The van der Waals surface area contributed by atoms with Gasteiger partial charge in [-0.1, -0.05) is 13.3 Å². The summed E-state index contributed by atoms with van der Waals surface area (Å²) in [4.78, 5) is 12.3. The van der Waals surface area contributed by atoms with Crippen molar-refractivity contribution in [2.75, 3.05) is 6.61 Å². The fourth-order valence-corrected chi connectivity index (χ4v) is 3.33. The fourth-order valence-electron chi connectivity index (χ4n) is 2.17. The lowest BCUT2D eigenvalue weighted by Crippen LogP contribution is -2.18. The lowest BCUT2D eigenvalue weighted by atomic mass is 10.0. The Morgan fingerprint density at radius 2 is 1.95 bits per heavy atom. The molecule has 0 bridgehead atoms. The molecule has 2 nitrogen and oxygen atoms in total. The van der Waals surface area contributed by atoms with E-state index in [9.17, 15) is 18.0 Å². The van der Waals surface area contributed by atoms with Crippen molar-refractivity contribution in [2.24, 2.45) is 5.92 Å². The monoisotopic (exact) mass is 304 g/mol. The van der Waals surface area contributed by atoms with Gasteiger partial charge in [0.2, 0.25) is 0 Å². The molecule has 1 aliphatic heterocycles. The quantitative estimate of drug-likeness (QED) is 0.782. The molecule has 0 spiro atoms. The molecule has 1 aromatic rings. The molecular weight excluding hydrogens is 289 g/mol. The molecule has 1 heterocycles. The predicted molar refractivity (Wildman–Crippen MR) is 70.4 cm³/mol. The van der Waals surface area contributed by atoms with E-state index in [4.69, 9.17) is 4.74 Å². The number of ether oxygens (including phenoxy) is 1. The van der Waals surface area contributed by atoms with E-state index >= 15 is 0 Å². The zero-order chi connectivity index (χ0) is 14.8. The predicted octanol–water partition coefficient (Wildman–Crippen LogP) is 4.14. The van der Waals surface area contributed by atoms with Crippen molar-refractivity contribution in [3.63, 3.8) is 0 Å². The minimum Gasteiger partial charge on any atom is -0.464 e. The van der Waals surface area contributed by atoms with Crippen molar-refractivity contribution < 1.29 is 22.7 Å². The third-order valence-electron chi connectivity index (χ3n) is 3.20. The van der Waals surface area contributed by atoms with Crippen LogP contribution in [-0.2, 0) is 15.7 Å². The van der Waals surface area contributed by atoms with Crippen LogP contribution in [0.5, 0.6) is 0 Å². The number of esters is 1. The van der Waals surface area contributed by atoms with Crippen molar-refractivity contribution in [2.45, 2.75) is 36.1 Å². The van der Waals surface area contributed by atoms with Crippen molar-refractivity contribution >= 4 is 17.7 Å². The molecule has 2 unspecified atom stereocenters. The van der Waals surface area contributed by atoms with Gasteiger partial charge in [0.1, 0.15) is 5.25 Å². The van der Waals surface area contributed by atoms with Crippen LogP contribution in [0.1, 0.15) is 25.3 Å². The minimum absolute atomic E-state index is 0.139. The molecule has 1 fully saturated rings. The average molecular weight is 304 g/mol. The molecule has 1 aromatic carbocycles. The number of cyclic esters (lactones) is 1. The largest absolute Gasteiger partial charge is 0.464 e. The van der Waals surface area contributed by atoms with Gasteiger partial charge in [-0.15, -0.1) is 11.8 Å². The Balaban J connectivity index is 2.07. The highest BCUT2D eigenvalue weighted by Crippen LogP contribution is 2.37. The molecule has 6 heteroatoms. The van der Waals surface area contributed by atoms with Gasteiger partial charge in [-0.25, -0.2) is 0 Å². The average Bonchev–Trinajstić information content (AvgIpc) is 2.72. The number of alkyl halides is 3. The maximum atomic E-state index is 12.5. The second kappa shape index (κ2) is 6.08. The van der Waals surface area contributed by atoms with E-state index in [-0.39, 0.29) is 17.1 Å². The summed E-state index contributed by atoms with van der Waals surface area (Å²) < 4.78 is 42.4. The van der Waals surface area contributed by atoms with E-state index in [0.29, 0.717) is 11.5 Å². The molecule has 0 amide bonds. The number of carbonyl (C=O) groups excluding carboxylic acids is 1. The highest BCUT2D eigenvalue weighted by atomic mass is 32.2. The first kappa shape index (κ1) is 15.2. The molecule has 20 heavy (non-hydrogen) atoms. The summed E-state index contributed by atoms with van der Waals surface area (Å²) in [6.45, 7) is 2.44. The first-order valence-corrected chi connectivity index (χ1v) is 7.30. The minimum atomic E-state index is -4.33. The standard InChI is InChI=1S/C14H15F3O2S/c1-2-3-9-8-19-13(18)12(9)20-11-6-4-10(5-7-11)14(15,16)17/h4-7,9,12H,2-3,8H2,1H3. The van der Waals surface area contributed by atoms with Crippen molar-refractivity contribution in [1.29, 1.82) is 0 Å². The Labute approximate surface area is 119 Å². The number of rotatable bonds is 4. The molecule has 1 saturated heterocycles. The Hall–Kier alpha value is -1.17. The fraction of sp³-hybridized carbons (Fsp3) is 0.500. The van der Waals surface area contributed by atoms with Gasteiger partial charge in [-0.2, -0.15) is 13.2 Å². The maximum Gasteiger partial charge on any atom is 0.416 e. The van der Waals surface area contributed by atoms with Crippen LogP contribution in [0.15, 0.2) is 29.2 Å². The van der Waals surface area contributed by atoms with Crippen LogP contribution in [0.2, 0.25) is 0 Å². The Bertz CT molecular complexity index is 470. The Kier molecular flexibility index (Phi) is 4.62. The van der Waals surface area contributed by atoms with E-state index in [1.807, 2.05) is 6.92 Å². The third kappa shape index (κ3) is 3.48. The number of hydrogen-bond donors (Lipinski definition) is 0. The number of hydrogen-bond acceptors (Lipinski definition) is 3. The van der Waals surface area contributed by atoms with Crippen LogP contribution >= 0.6 is 11.8 Å². The van der Waals surface area contributed by atoms with Crippen LogP contribution in [0.3, 0.4) is 0 Å². The molecule has 110 valence electrons. The zero-order valence-corrected chi connectivity index (χ0v) is 11.8. The maximum absolute atomic E-state index is 12.5. The summed E-state index contributed by atoms with van der Waals surface area (Å²) in [5.74, 6) is -0.131. The molecule has 1 aliphatic rings. The summed E-state index contributed by atoms with van der Waals surface area (Å²) in [5, 5.41) is -0.313. The lowest BCUT2D eigenvalue weighted by molar-refractivity contribution is -0.138. The summed E-state index contributed by atoms with van der Waals surface area (Å²) in [6, 6.07) is 4.89. The molecule has 0 N–H and O–H groups in total. The topological polar surface area (TPSA) is 26.3 Å². The molecule has 0 aromatic heterocycles. The van der Waals surface area contributed by atoms with Crippen LogP contribution in [0.4, 0.5) is 13.2 Å². The van der Waals surface area contributed by atoms with Gasteiger partial charge >= 0.3 is 12.1 Å². The van der Waals surface area contributed by atoms with Crippen LogP contribution in [0, 0.1) is 5.92 Å². The van der Waals surface area contributed by atoms with Crippen molar-refractivity contribution in [3.05, 3.63) is 29.8 Å². The molecular formula is C14H15F3O2S. The van der Waals surface area contributed by atoms with E-state index < -0.39 is 11.7 Å². The molecule has 2 atom stereocenters. The smallest absolute Gasteiger partial charge is 0.416 e. The highest BCUT2D eigenvalue weighted by Gasteiger charge is 2.37. The second-order valence-electron chi connectivity index (χ2n) is 4.74. The van der Waals surface area contributed by atoms with Gasteiger partial charge in [0.15, 0.2) is 0 Å². The number of thioether (sulfide) groups is 1. The van der Waals surface area contributed by atoms with Gasteiger partial charge in [0.05, 0.1) is 12.2 Å². The first-order valence-electron chi connectivity index (χ1n) is 6.42. The lowest BCUT2D eigenvalue weighted by Gasteiger charge is -2.14. The summed E-state index contributed by atoms with van der Waals surface area (Å²) in [5.41, 5.74) is -0.680. The second-order valence-corrected chi connectivity index (χ2v) is 5.95. The molecule has 0 saturated carbocycles. The van der Waals surface area contributed by atoms with Crippen LogP contribution in [-0.4, -0.2) is 17.8 Å². The normalized spacial score (nSPS) is 22.9. The van der Waals surface area contributed by atoms with Gasteiger partial charge in [0.25, 0.3) is 0 Å². The van der Waals surface area contributed by atoms with E-state index in [0.717, 1.165) is 25.0 Å². The number of halogens is 3. The highest BCUT2D eigenvalue weighted by molar-refractivity contribution is 8.00. The van der Waals surface area contributed by atoms with E-state index in [1.165, 1.54) is 23.9 Å². The van der Waals surface area contributed by atoms with E-state index in [1.54, 1.807) is 0 Å². The van der Waals surface area contributed by atoms with Gasteiger partial charge in [-0.05, 0) is 30.7 Å². The molecule has 0 aliphatic carbocycles. The van der Waals surface area contributed by atoms with Gasteiger partial charge in [0, 0.05) is 10.8 Å². The van der Waals surface area contributed by atoms with Gasteiger partial charge in [-0.3, -0.25) is 4.79 Å². The molecule has 0 radical (unpaired) electrons. The van der Waals surface area contributed by atoms with Gasteiger partial charge < -0.3 is 4.74 Å². The number of benzene rings is 1. The Morgan fingerprint density at radius 3 is 2.50 bits per heavy atom. The Morgan fingerprint density at radius 1 is 1.30 bits per heavy atom. The first-order chi connectivity index (χ1) is 9.41. The van der Waals surface area contributed by atoms with Crippen molar-refractivity contribution in [1.82, 2.24) is 0 Å². The zero-order valence-electron chi connectivity index (χ0n) is 10.9. The summed E-state index contributed by atoms with van der Waals surface area (Å²) in [7, 11) is 0. The van der Waals surface area contributed by atoms with Crippen molar-refractivity contribution in [3.8, 4) is 0 Å². The molecule has 2 rings (SSSR count). The van der Waals surface area contributed by atoms with Crippen LogP contribution < -0.4 is 0 Å². The number of carbonyl (C=O) groups is 1.